The molecule has 2 aromatic rings. The van der Waals surface area contributed by atoms with E-state index in [0.29, 0.717) is 5.88 Å². The van der Waals surface area contributed by atoms with Crippen LogP contribution in [-0.4, -0.2) is 0 Å². The number of alkyl halides is 1. The maximum Gasteiger partial charge on any atom is 0.184 e. The fourth-order valence-electron chi connectivity index (χ4n) is 1.47. The fraction of sp³-hybridized carbons (Fsp3) is 0.143. The van der Waals surface area contributed by atoms with E-state index in [1.807, 2.05) is 35.7 Å². The summed E-state index contributed by atoms with van der Waals surface area (Å²) in [6.45, 7) is 3.74. The van der Waals surface area contributed by atoms with Crippen LogP contribution in [-0.2, 0) is 12.3 Å². The number of benzene rings is 1. The predicted molar refractivity (Wildman–Crippen MR) is 74.3 cm³/mol. The van der Waals surface area contributed by atoms with Gasteiger partial charge in [0, 0.05) is 11.4 Å². The molecule has 0 aliphatic heterocycles. The molecule has 88 valence electrons. The molecule has 0 atom stereocenters. The van der Waals surface area contributed by atoms with Crippen LogP contribution in [0.3, 0.4) is 0 Å². The minimum absolute atomic E-state index is 0.529. The van der Waals surface area contributed by atoms with Crippen molar-refractivity contribution in [2.75, 3.05) is 0 Å². The van der Waals surface area contributed by atoms with E-state index in [0.717, 1.165) is 22.8 Å². The van der Waals surface area contributed by atoms with Crippen molar-refractivity contribution in [3.63, 3.8) is 0 Å². The summed E-state index contributed by atoms with van der Waals surface area (Å²) in [5.74, 6) is 1.37. The molecule has 0 N–H and O–H groups in total. The van der Waals surface area contributed by atoms with Gasteiger partial charge in [-0.3, -0.25) is 0 Å². The van der Waals surface area contributed by atoms with Gasteiger partial charge in [0.25, 0.3) is 0 Å². The van der Waals surface area contributed by atoms with Gasteiger partial charge in [0.15, 0.2) is 5.06 Å². The lowest BCUT2D eigenvalue weighted by Gasteiger charge is -2.05. The molecular formula is C14H13ClOS. The number of halogens is 1. The van der Waals surface area contributed by atoms with Crippen molar-refractivity contribution in [2.45, 2.75) is 12.3 Å². The van der Waals surface area contributed by atoms with Crippen LogP contribution < -0.4 is 4.74 Å². The van der Waals surface area contributed by atoms with Crippen molar-refractivity contribution in [3.05, 3.63) is 59.5 Å². The molecule has 0 saturated carbocycles. The lowest BCUT2D eigenvalue weighted by Crippen LogP contribution is -1.86. The summed E-state index contributed by atoms with van der Waals surface area (Å²) < 4.78 is 5.83. The molecule has 17 heavy (non-hydrogen) atoms. The van der Waals surface area contributed by atoms with Crippen molar-refractivity contribution in [2.24, 2.45) is 0 Å². The number of hydrogen-bond donors (Lipinski definition) is 0. The Morgan fingerprint density at radius 3 is 2.65 bits per heavy atom. The van der Waals surface area contributed by atoms with Crippen LogP contribution in [0.1, 0.15) is 11.1 Å². The lowest BCUT2D eigenvalue weighted by molar-refractivity contribution is 0.492. The third-order valence-electron chi connectivity index (χ3n) is 2.36. The number of hydrogen-bond acceptors (Lipinski definition) is 2. The monoisotopic (exact) mass is 264 g/mol. The van der Waals surface area contributed by atoms with Gasteiger partial charge < -0.3 is 4.74 Å². The van der Waals surface area contributed by atoms with E-state index in [4.69, 9.17) is 16.3 Å². The van der Waals surface area contributed by atoms with E-state index in [1.54, 1.807) is 11.3 Å². The molecule has 2 rings (SSSR count). The highest BCUT2D eigenvalue weighted by atomic mass is 35.5. The van der Waals surface area contributed by atoms with Gasteiger partial charge in [-0.15, -0.1) is 29.5 Å². The lowest BCUT2D eigenvalue weighted by atomic mass is 10.2. The van der Waals surface area contributed by atoms with Gasteiger partial charge in [0.1, 0.15) is 5.75 Å². The van der Waals surface area contributed by atoms with Crippen LogP contribution in [0.25, 0.3) is 0 Å². The largest absolute Gasteiger partial charge is 0.446 e. The molecule has 3 heteroatoms. The standard InChI is InChI=1S/C14H13ClOS/c1-2-3-12-8-9-17-14(12)16-13-6-4-11(10-15)5-7-13/h2,4-9H,1,3,10H2. The minimum atomic E-state index is 0.529. The average Bonchev–Trinajstić information content (AvgIpc) is 2.78. The van der Waals surface area contributed by atoms with Crippen molar-refractivity contribution >= 4 is 22.9 Å². The summed E-state index contributed by atoms with van der Waals surface area (Å²) >= 11 is 7.34. The smallest absolute Gasteiger partial charge is 0.184 e. The number of rotatable bonds is 5. The first-order valence-corrected chi connectivity index (χ1v) is 6.75. The highest BCUT2D eigenvalue weighted by Gasteiger charge is 2.05. The van der Waals surface area contributed by atoms with Gasteiger partial charge in [-0.05, 0) is 35.6 Å². The Morgan fingerprint density at radius 2 is 2.00 bits per heavy atom. The van der Waals surface area contributed by atoms with Gasteiger partial charge in [-0.1, -0.05) is 18.2 Å². The van der Waals surface area contributed by atoms with Crippen molar-refractivity contribution in [3.8, 4) is 10.8 Å². The van der Waals surface area contributed by atoms with E-state index in [2.05, 4.69) is 12.6 Å². The van der Waals surface area contributed by atoms with E-state index in [1.165, 1.54) is 5.56 Å². The zero-order valence-electron chi connectivity index (χ0n) is 9.36. The number of thiophene rings is 1. The Labute approximate surface area is 110 Å². The average molecular weight is 265 g/mol. The summed E-state index contributed by atoms with van der Waals surface area (Å²) in [5, 5.41) is 2.96. The minimum Gasteiger partial charge on any atom is -0.446 e. The summed E-state index contributed by atoms with van der Waals surface area (Å²) in [6.07, 6.45) is 2.71. The molecule has 1 aromatic carbocycles. The van der Waals surface area contributed by atoms with E-state index in [-0.39, 0.29) is 0 Å². The van der Waals surface area contributed by atoms with E-state index < -0.39 is 0 Å². The van der Waals surface area contributed by atoms with Gasteiger partial charge in [-0.2, -0.15) is 0 Å². The molecule has 0 radical (unpaired) electrons. The Hall–Kier alpha value is -1.25. The van der Waals surface area contributed by atoms with Crippen LogP contribution in [0.4, 0.5) is 0 Å². The molecule has 0 spiro atoms. The second-order valence-corrected chi connectivity index (χ2v) is 4.75. The van der Waals surface area contributed by atoms with Crippen molar-refractivity contribution in [1.29, 1.82) is 0 Å². The summed E-state index contributed by atoms with van der Waals surface area (Å²) in [4.78, 5) is 0. The second-order valence-electron chi connectivity index (χ2n) is 3.61. The van der Waals surface area contributed by atoms with E-state index in [9.17, 15) is 0 Å². The first kappa shape index (κ1) is 12.2. The summed E-state index contributed by atoms with van der Waals surface area (Å²) in [7, 11) is 0. The van der Waals surface area contributed by atoms with E-state index >= 15 is 0 Å². The maximum atomic E-state index is 5.83. The Bertz CT molecular complexity index is 487. The topological polar surface area (TPSA) is 9.23 Å². The quantitative estimate of drug-likeness (QED) is 0.545. The summed E-state index contributed by atoms with van der Waals surface area (Å²) in [6, 6.07) is 9.89. The third kappa shape index (κ3) is 3.11. The SMILES string of the molecule is C=CCc1ccsc1Oc1ccc(CCl)cc1. The van der Waals surface area contributed by atoms with Gasteiger partial charge in [-0.25, -0.2) is 0 Å². The third-order valence-corrected chi connectivity index (χ3v) is 3.50. The van der Waals surface area contributed by atoms with Gasteiger partial charge >= 0.3 is 0 Å². The van der Waals surface area contributed by atoms with Crippen LogP contribution in [0.5, 0.6) is 10.8 Å². The molecule has 0 fully saturated rings. The van der Waals surface area contributed by atoms with Crippen molar-refractivity contribution in [1.82, 2.24) is 0 Å². The molecule has 0 unspecified atom stereocenters. The normalized spacial score (nSPS) is 10.2. The molecular weight excluding hydrogens is 252 g/mol. The fourth-order valence-corrected chi connectivity index (χ4v) is 2.45. The van der Waals surface area contributed by atoms with Gasteiger partial charge in [0.2, 0.25) is 0 Å². The Kier molecular flexibility index (Phi) is 4.24. The molecule has 0 aliphatic rings. The number of ether oxygens (including phenoxy) is 1. The molecule has 0 amide bonds. The highest BCUT2D eigenvalue weighted by molar-refractivity contribution is 7.12. The van der Waals surface area contributed by atoms with Gasteiger partial charge in [0.05, 0.1) is 0 Å². The molecule has 1 heterocycles. The zero-order chi connectivity index (χ0) is 12.1. The second kappa shape index (κ2) is 5.89. The maximum absolute atomic E-state index is 5.83. The zero-order valence-corrected chi connectivity index (χ0v) is 10.9. The molecule has 1 aromatic heterocycles. The van der Waals surface area contributed by atoms with Crippen molar-refractivity contribution < 1.29 is 4.74 Å². The van der Waals surface area contributed by atoms with Crippen LogP contribution in [0.15, 0.2) is 48.4 Å². The molecule has 0 bridgehead atoms. The van der Waals surface area contributed by atoms with Crippen LogP contribution in [0.2, 0.25) is 0 Å². The number of allylic oxidation sites excluding steroid dienone is 1. The molecule has 0 saturated heterocycles. The highest BCUT2D eigenvalue weighted by Crippen LogP contribution is 2.31. The summed E-state index contributed by atoms with van der Waals surface area (Å²) in [5.41, 5.74) is 2.27. The Morgan fingerprint density at radius 1 is 1.24 bits per heavy atom. The first-order chi connectivity index (χ1) is 8.33. The van der Waals surface area contributed by atoms with Crippen LogP contribution >= 0.6 is 22.9 Å². The predicted octanol–water partition coefficient (Wildman–Crippen LogP) is 5.01. The Balaban J connectivity index is 2.13. The molecule has 0 aliphatic carbocycles. The first-order valence-electron chi connectivity index (χ1n) is 5.33. The molecule has 1 nitrogen and oxygen atoms in total. The van der Waals surface area contributed by atoms with Crippen LogP contribution in [0, 0.1) is 0 Å².